The van der Waals surface area contributed by atoms with Gasteiger partial charge in [-0.1, -0.05) is 0 Å². The lowest BCUT2D eigenvalue weighted by atomic mass is 10.2. The molecule has 0 spiro atoms. The first-order valence-electron chi connectivity index (χ1n) is 5.83. The number of nitrogens with one attached hydrogen (secondary N) is 2. The second-order valence-electron chi connectivity index (χ2n) is 4.41. The monoisotopic (exact) mass is 250 g/mol. The molecule has 1 unspecified atom stereocenters. The Balaban J connectivity index is 0.00000225. The second-order valence-corrected chi connectivity index (χ2v) is 4.41. The van der Waals surface area contributed by atoms with Gasteiger partial charge in [-0.05, 0) is 45.1 Å². The summed E-state index contributed by atoms with van der Waals surface area (Å²) in [6.45, 7) is 3.55. The number of aliphatic hydroxyl groups is 1. The van der Waals surface area contributed by atoms with Crippen LogP contribution < -0.4 is 10.6 Å². The van der Waals surface area contributed by atoms with Crippen LogP contribution in [0.15, 0.2) is 0 Å². The Morgan fingerprint density at radius 3 is 2.75 bits per heavy atom. The second kappa shape index (κ2) is 8.79. The molecule has 1 aliphatic rings. The van der Waals surface area contributed by atoms with Crippen LogP contribution in [0.4, 0.5) is 0 Å². The molecular weight excluding hydrogens is 228 g/mol. The largest absolute Gasteiger partial charge is 0.396 e. The fourth-order valence-electron chi connectivity index (χ4n) is 1.51. The van der Waals surface area contributed by atoms with Crippen molar-refractivity contribution in [2.75, 3.05) is 19.7 Å². The lowest BCUT2D eigenvalue weighted by Crippen LogP contribution is -2.39. The molecule has 1 rings (SSSR count). The number of carbonyl (C=O) groups excluding carboxylic acids is 1. The van der Waals surface area contributed by atoms with E-state index in [1.807, 2.05) is 6.92 Å². The first kappa shape index (κ1) is 15.7. The van der Waals surface area contributed by atoms with E-state index in [9.17, 15) is 4.79 Å². The molecule has 1 atom stereocenters. The Morgan fingerprint density at radius 2 is 2.19 bits per heavy atom. The third-order valence-corrected chi connectivity index (χ3v) is 2.62. The lowest BCUT2D eigenvalue weighted by molar-refractivity contribution is -0.120. The number of hydrogen-bond donors (Lipinski definition) is 3. The molecule has 3 N–H and O–H groups in total. The number of amides is 1. The Hall–Kier alpha value is -0.320. The van der Waals surface area contributed by atoms with Crippen LogP contribution in [0.5, 0.6) is 0 Å². The van der Waals surface area contributed by atoms with Gasteiger partial charge in [0.05, 0.1) is 6.54 Å². The van der Waals surface area contributed by atoms with Crippen molar-refractivity contribution in [3.05, 3.63) is 0 Å². The summed E-state index contributed by atoms with van der Waals surface area (Å²) in [6, 6.07) is 0.160. The van der Waals surface area contributed by atoms with Gasteiger partial charge in [-0.2, -0.15) is 0 Å². The van der Waals surface area contributed by atoms with Crippen molar-refractivity contribution >= 4 is 18.3 Å². The standard InChI is InChI=1S/C11H22N2O2.ClH/c1-9(3-2-6-14)13-11(15)8-12-7-10-4-5-10;/h9-10,12,14H,2-8H2,1H3,(H,13,15);1H. The zero-order valence-corrected chi connectivity index (χ0v) is 10.7. The highest BCUT2D eigenvalue weighted by Crippen LogP contribution is 2.27. The molecule has 0 aromatic rings. The average Bonchev–Trinajstić information content (AvgIpc) is 2.98. The maximum Gasteiger partial charge on any atom is 0.234 e. The van der Waals surface area contributed by atoms with Gasteiger partial charge in [0.25, 0.3) is 0 Å². The summed E-state index contributed by atoms with van der Waals surface area (Å²) in [5, 5.41) is 14.7. The van der Waals surface area contributed by atoms with Gasteiger partial charge in [0.15, 0.2) is 0 Å². The highest BCUT2D eigenvalue weighted by molar-refractivity contribution is 5.85. The van der Waals surface area contributed by atoms with Crippen molar-refractivity contribution in [1.29, 1.82) is 0 Å². The Kier molecular flexibility index (Phi) is 8.61. The van der Waals surface area contributed by atoms with E-state index in [1.165, 1.54) is 12.8 Å². The summed E-state index contributed by atoms with van der Waals surface area (Å²) in [5.41, 5.74) is 0. The number of carbonyl (C=O) groups is 1. The maximum atomic E-state index is 11.4. The number of halogens is 1. The van der Waals surface area contributed by atoms with Crippen molar-refractivity contribution in [1.82, 2.24) is 10.6 Å². The van der Waals surface area contributed by atoms with Gasteiger partial charge in [-0.15, -0.1) is 12.4 Å². The smallest absolute Gasteiger partial charge is 0.234 e. The van der Waals surface area contributed by atoms with Gasteiger partial charge >= 0.3 is 0 Å². The molecule has 0 bridgehead atoms. The zero-order chi connectivity index (χ0) is 11.1. The summed E-state index contributed by atoms with van der Waals surface area (Å²) in [5.74, 6) is 0.866. The van der Waals surface area contributed by atoms with Crippen molar-refractivity contribution in [2.45, 2.75) is 38.6 Å². The molecule has 1 saturated carbocycles. The van der Waals surface area contributed by atoms with Gasteiger partial charge in [-0.3, -0.25) is 4.79 Å². The van der Waals surface area contributed by atoms with Crippen LogP contribution in [0.3, 0.4) is 0 Å². The van der Waals surface area contributed by atoms with Crippen LogP contribution in [-0.4, -0.2) is 36.8 Å². The quantitative estimate of drug-likeness (QED) is 0.594. The molecule has 96 valence electrons. The van der Waals surface area contributed by atoms with Crippen LogP contribution >= 0.6 is 12.4 Å². The molecule has 0 aromatic carbocycles. The van der Waals surface area contributed by atoms with Crippen molar-refractivity contribution < 1.29 is 9.90 Å². The normalized spacial score (nSPS) is 16.4. The zero-order valence-electron chi connectivity index (χ0n) is 9.87. The summed E-state index contributed by atoms with van der Waals surface area (Å²) >= 11 is 0. The molecule has 1 amide bonds. The Labute approximate surface area is 104 Å². The van der Waals surface area contributed by atoms with E-state index >= 15 is 0 Å². The first-order valence-corrected chi connectivity index (χ1v) is 5.83. The maximum absolute atomic E-state index is 11.4. The van der Waals surface area contributed by atoms with Crippen LogP contribution in [-0.2, 0) is 4.79 Å². The minimum atomic E-state index is 0. The third-order valence-electron chi connectivity index (χ3n) is 2.62. The van der Waals surface area contributed by atoms with Crippen molar-refractivity contribution in [3.63, 3.8) is 0 Å². The summed E-state index contributed by atoms with van der Waals surface area (Å²) in [6.07, 6.45) is 4.20. The topological polar surface area (TPSA) is 61.4 Å². The third kappa shape index (κ3) is 7.91. The van der Waals surface area contributed by atoms with E-state index in [1.54, 1.807) is 0 Å². The molecule has 16 heavy (non-hydrogen) atoms. The van der Waals surface area contributed by atoms with Gasteiger partial charge in [0, 0.05) is 12.6 Å². The molecule has 1 aliphatic carbocycles. The fraction of sp³-hybridized carbons (Fsp3) is 0.909. The summed E-state index contributed by atoms with van der Waals surface area (Å²) in [7, 11) is 0. The molecule has 1 fully saturated rings. The van der Waals surface area contributed by atoms with E-state index < -0.39 is 0 Å². The van der Waals surface area contributed by atoms with E-state index in [0.717, 1.165) is 25.3 Å². The van der Waals surface area contributed by atoms with E-state index in [4.69, 9.17) is 5.11 Å². The highest BCUT2D eigenvalue weighted by Gasteiger charge is 2.20. The lowest BCUT2D eigenvalue weighted by Gasteiger charge is -2.13. The van der Waals surface area contributed by atoms with Crippen LogP contribution in [0.1, 0.15) is 32.6 Å². The van der Waals surface area contributed by atoms with Crippen LogP contribution in [0.2, 0.25) is 0 Å². The van der Waals surface area contributed by atoms with Crippen LogP contribution in [0.25, 0.3) is 0 Å². The van der Waals surface area contributed by atoms with Gasteiger partial charge in [-0.25, -0.2) is 0 Å². The SMILES string of the molecule is CC(CCCO)NC(=O)CNCC1CC1.Cl. The first-order chi connectivity index (χ1) is 7.22. The summed E-state index contributed by atoms with van der Waals surface area (Å²) < 4.78 is 0. The van der Waals surface area contributed by atoms with E-state index in [0.29, 0.717) is 6.54 Å². The molecule has 4 nitrogen and oxygen atoms in total. The Morgan fingerprint density at radius 1 is 1.50 bits per heavy atom. The molecule has 0 aromatic heterocycles. The van der Waals surface area contributed by atoms with Gasteiger partial charge < -0.3 is 15.7 Å². The average molecular weight is 251 g/mol. The van der Waals surface area contributed by atoms with Gasteiger partial charge in [0.1, 0.15) is 0 Å². The van der Waals surface area contributed by atoms with Crippen molar-refractivity contribution in [3.8, 4) is 0 Å². The predicted molar refractivity (Wildman–Crippen MR) is 66.8 cm³/mol. The highest BCUT2D eigenvalue weighted by atomic mass is 35.5. The van der Waals surface area contributed by atoms with Crippen LogP contribution in [0, 0.1) is 5.92 Å². The number of aliphatic hydroxyl groups excluding tert-OH is 1. The minimum Gasteiger partial charge on any atom is -0.396 e. The van der Waals surface area contributed by atoms with E-state index in [2.05, 4.69) is 10.6 Å². The molecular formula is C11H23ClN2O2. The molecule has 0 radical (unpaired) electrons. The Bertz CT molecular complexity index is 198. The molecule has 5 heteroatoms. The number of hydrogen-bond acceptors (Lipinski definition) is 3. The fourth-order valence-corrected chi connectivity index (χ4v) is 1.51. The van der Waals surface area contributed by atoms with Crippen molar-refractivity contribution in [2.24, 2.45) is 5.92 Å². The molecule has 0 aliphatic heterocycles. The summed E-state index contributed by atoms with van der Waals surface area (Å²) in [4.78, 5) is 11.4. The van der Waals surface area contributed by atoms with E-state index in [-0.39, 0.29) is 31.0 Å². The minimum absolute atomic E-state index is 0. The molecule has 0 heterocycles. The number of rotatable bonds is 8. The molecule has 0 saturated heterocycles. The predicted octanol–water partition coefficient (Wildman–Crippen LogP) is 0.685. The van der Waals surface area contributed by atoms with Gasteiger partial charge in [0.2, 0.25) is 5.91 Å².